The summed E-state index contributed by atoms with van der Waals surface area (Å²) in [5, 5.41) is 24.3. The van der Waals surface area contributed by atoms with Crippen LogP contribution >= 0.6 is 0 Å². The Hall–Kier alpha value is -1.38. The molecule has 168 valence electrons. The number of methoxy groups -OCH3 is 1. The van der Waals surface area contributed by atoms with Crippen molar-refractivity contribution < 1.29 is 19.7 Å². The van der Waals surface area contributed by atoms with Crippen molar-refractivity contribution in [2.45, 2.75) is 62.5 Å². The number of aliphatic hydroxyl groups excluding tert-OH is 2. The Morgan fingerprint density at radius 1 is 1.07 bits per heavy atom. The minimum atomic E-state index is -0.661. The average molecular weight is 420 g/mol. The van der Waals surface area contributed by atoms with E-state index < -0.39 is 12.2 Å². The van der Waals surface area contributed by atoms with Crippen molar-refractivity contribution >= 4 is 5.69 Å². The van der Waals surface area contributed by atoms with E-state index in [2.05, 4.69) is 21.2 Å². The standard InChI is InChI=1S/C23H37N3O4/c1-29-19-10-6-5-9-18(19)25-11-13-26(14-12-25)22-20(30-21(16-27)23(22)28)15-24-17-7-3-2-4-8-17/h5-6,9-10,17,20-24,27-28H,2-4,7-8,11-16H2,1H3. The van der Waals surface area contributed by atoms with Gasteiger partial charge in [-0.2, -0.15) is 0 Å². The molecule has 3 N–H and O–H groups in total. The summed E-state index contributed by atoms with van der Waals surface area (Å²) in [4.78, 5) is 4.69. The summed E-state index contributed by atoms with van der Waals surface area (Å²) in [5.41, 5.74) is 1.12. The van der Waals surface area contributed by atoms with Crippen LogP contribution in [0.4, 0.5) is 5.69 Å². The smallest absolute Gasteiger partial charge is 0.142 e. The van der Waals surface area contributed by atoms with Gasteiger partial charge in [-0.05, 0) is 25.0 Å². The molecule has 4 atom stereocenters. The van der Waals surface area contributed by atoms with Crippen LogP contribution in [0.1, 0.15) is 32.1 Å². The first-order chi connectivity index (χ1) is 14.7. The van der Waals surface area contributed by atoms with Gasteiger partial charge in [0.2, 0.25) is 0 Å². The number of ether oxygens (including phenoxy) is 2. The van der Waals surface area contributed by atoms with E-state index >= 15 is 0 Å². The quantitative estimate of drug-likeness (QED) is 0.614. The molecule has 2 heterocycles. The van der Waals surface area contributed by atoms with Crippen molar-refractivity contribution in [3.05, 3.63) is 24.3 Å². The summed E-state index contributed by atoms with van der Waals surface area (Å²) in [6, 6.07) is 8.59. The molecule has 0 amide bonds. The lowest BCUT2D eigenvalue weighted by atomic mass is 9.95. The van der Waals surface area contributed by atoms with Crippen molar-refractivity contribution in [1.82, 2.24) is 10.2 Å². The first-order valence-corrected chi connectivity index (χ1v) is 11.5. The van der Waals surface area contributed by atoms with Gasteiger partial charge in [-0.25, -0.2) is 0 Å². The van der Waals surface area contributed by atoms with Crippen LogP contribution in [0.2, 0.25) is 0 Å². The molecule has 4 rings (SSSR count). The van der Waals surface area contributed by atoms with Gasteiger partial charge in [-0.3, -0.25) is 4.90 Å². The van der Waals surface area contributed by atoms with E-state index in [1.165, 1.54) is 32.1 Å². The fraction of sp³-hybridized carbons (Fsp3) is 0.739. The summed E-state index contributed by atoms with van der Waals surface area (Å²) in [6.45, 7) is 4.03. The largest absolute Gasteiger partial charge is 0.495 e. The van der Waals surface area contributed by atoms with Crippen molar-refractivity contribution in [2.24, 2.45) is 0 Å². The van der Waals surface area contributed by atoms with Crippen molar-refractivity contribution in [2.75, 3.05) is 51.3 Å². The Bertz CT molecular complexity index is 662. The zero-order chi connectivity index (χ0) is 20.9. The zero-order valence-electron chi connectivity index (χ0n) is 18.1. The third-order valence-corrected chi connectivity index (χ3v) is 7.02. The number of para-hydroxylation sites is 2. The van der Waals surface area contributed by atoms with E-state index in [0.29, 0.717) is 6.04 Å². The first-order valence-electron chi connectivity index (χ1n) is 11.5. The summed E-state index contributed by atoms with van der Waals surface area (Å²) in [7, 11) is 1.71. The van der Waals surface area contributed by atoms with Gasteiger partial charge in [0.05, 0.1) is 31.5 Å². The van der Waals surface area contributed by atoms with E-state index in [9.17, 15) is 10.2 Å². The summed E-state index contributed by atoms with van der Waals surface area (Å²) < 4.78 is 11.6. The number of anilines is 1. The van der Waals surface area contributed by atoms with Crippen LogP contribution in [0.3, 0.4) is 0 Å². The minimum absolute atomic E-state index is 0.0851. The normalized spacial score (nSPS) is 31.2. The van der Waals surface area contributed by atoms with Crippen LogP contribution in [-0.4, -0.2) is 91.9 Å². The minimum Gasteiger partial charge on any atom is -0.495 e. The fourth-order valence-electron chi connectivity index (χ4n) is 5.34. The molecule has 3 fully saturated rings. The molecule has 0 radical (unpaired) electrons. The number of nitrogens with one attached hydrogen (secondary N) is 1. The van der Waals surface area contributed by atoms with Gasteiger partial charge in [0.1, 0.15) is 18.0 Å². The number of hydrogen-bond donors (Lipinski definition) is 3. The molecule has 2 saturated heterocycles. The van der Waals surface area contributed by atoms with Crippen LogP contribution in [-0.2, 0) is 4.74 Å². The average Bonchev–Trinajstić information content (AvgIpc) is 3.13. The molecule has 0 spiro atoms. The second-order valence-corrected chi connectivity index (χ2v) is 8.81. The zero-order valence-corrected chi connectivity index (χ0v) is 18.1. The van der Waals surface area contributed by atoms with E-state index in [-0.39, 0.29) is 18.8 Å². The molecule has 0 bridgehead atoms. The molecule has 0 aromatic heterocycles. The number of benzene rings is 1. The van der Waals surface area contributed by atoms with E-state index in [1.54, 1.807) is 7.11 Å². The first kappa shape index (κ1) is 21.8. The molecule has 3 aliphatic rings. The van der Waals surface area contributed by atoms with E-state index in [0.717, 1.165) is 44.2 Å². The SMILES string of the molecule is COc1ccccc1N1CCN(C2C(CNC3CCCCC3)OC(CO)C2O)CC1. The predicted molar refractivity (Wildman–Crippen MR) is 117 cm³/mol. The van der Waals surface area contributed by atoms with Crippen LogP contribution < -0.4 is 15.0 Å². The Kier molecular flexibility index (Phi) is 7.49. The van der Waals surface area contributed by atoms with Crippen LogP contribution in [0.5, 0.6) is 5.75 Å². The predicted octanol–water partition coefficient (Wildman–Crippen LogP) is 1.23. The lowest BCUT2D eigenvalue weighted by Crippen LogP contribution is -2.57. The Balaban J connectivity index is 1.38. The maximum Gasteiger partial charge on any atom is 0.142 e. The van der Waals surface area contributed by atoms with Crippen molar-refractivity contribution in [1.29, 1.82) is 0 Å². The molecule has 2 aliphatic heterocycles. The van der Waals surface area contributed by atoms with E-state index in [4.69, 9.17) is 9.47 Å². The summed E-state index contributed by atoms with van der Waals surface area (Å²) in [6.07, 6.45) is 5.10. The van der Waals surface area contributed by atoms with Crippen LogP contribution in [0, 0.1) is 0 Å². The highest BCUT2D eigenvalue weighted by atomic mass is 16.5. The number of rotatable bonds is 7. The maximum absolute atomic E-state index is 10.9. The third-order valence-electron chi connectivity index (χ3n) is 7.02. The maximum atomic E-state index is 10.9. The number of aliphatic hydroxyl groups is 2. The molecule has 1 aliphatic carbocycles. The van der Waals surface area contributed by atoms with Gasteiger partial charge < -0.3 is 29.9 Å². The molecule has 30 heavy (non-hydrogen) atoms. The number of hydrogen-bond acceptors (Lipinski definition) is 7. The highest BCUT2D eigenvalue weighted by Crippen LogP contribution is 2.31. The van der Waals surface area contributed by atoms with Crippen LogP contribution in [0.15, 0.2) is 24.3 Å². The highest BCUT2D eigenvalue weighted by molar-refractivity contribution is 5.58. The fourth-order valence-corrected chi connectivity index (χ4v) is 5.34. The lowest BCUT2D eigenvalue weighted by Gasteiger charge is -2.41. The Labute approximate surface area is 180 Å². The van der Waals surface area contributed by atoms with Gasteiger partial charge in [-0.1, -0.05) is 31.4 Å². The number of piperazine rings is 1. The van der Waals surface area contributed by atoms with Gasteiger partial charge in [0.15, 0.2) is 0 Å². The van der Waals surface area contributed by atoms with Gasteiger partial charge in [0.25, 0.3) is 0 Å². The van der Waals surface area contributed by atoms with Crippen LogP contribution in [0.25, 0.3) is 0 Å². The number of nitrogens with zero attached hydrogens (tertiary/aromatic N) is 2. The van der Waals surface area contributed by atoms with Gasteiger partial charge >= 0.3 is 0 Å². The molecule has 7 nitrogen and oxygen atoms in total. The molecule has 1 saturated carbocycles. The van der Waals surface area contributed by atoms with E-state index in [1.807, 2.05) is 18.2 Å². The van der Waals surface area contributed by atoms with Gasteiger partial charge in [-0.15, -0.1) is 0 Å². The topological polar surface area (TPSA) is 77.4 Å². The van der Waals surface area contributed by atoms with Crippen molar-refractivity contribution in [3.63, 3.8) is 0 Å². The highest BCUT2D eigenvalue weighted by Gasteiger charge is 2.46. The molecule has 4 unspecified atom stereocenters. The lowest BCUT2D eigenvalue weighted by molar-refractivity contribution is -0.0220. The second-order valence-electron chi connectivity index (χ2n) is 8.81. The Morgan fingerprint density at radius 2 is 1.80 bits per heavy atom. The summed E-state index contributed by atoms with van der Waals surface area (Å²) in [5.74, 6) is 0.894. The molecule has 1 aromatic carbocycles. The summed E-state index contributed by atoms with van der Waals surface area (Å²) >= 11 is 0. The van der Waals surface area contributed by atoms with Gasteiger partial charge in [0, 0.05) is 38.8 Å². The van der Waals surface area contributed by atoms with Crippen molar-refractivity contribution in [3.8, 4) is 5.75 Å². The second kappa shape index (κ2) is 10.3. The molecule has 1 aromatic rings. The Morgan fingerprint density at radius 3 is 2.50 bits per heavy atom. The third kappa shape index (κ3) is 4.75. The molecular weight excluding hydrogens is 382 g/mol. The monoisotopic (exact) mass is 419 g/mol. The molecule has 7 heteroatoms. The molecular formula is C23H37N3O4.